The molecule has 0 bridgehead atoms. The number of nitrogens with one attached hydrogen (secondary N) is 1. The van der Waals surface area contributed by atoms with Crippen LogP contribution in [0.1, 0.15) is 43.9 Å². The molecule has 0 radical (unpaired) electrons. The minimum atomic E-state index is -0.389. The van der Waals surface area contributed by atoms with Crippen molar-refractivity contribution in [1.29, 1.82) is 0 Å². The highest BCUT2D eigenvalue weighted by atomic mass is 35.5. The van der Waals surface area contributed by atoms with E-state index in [1.807, 2.05) is 0 Å². The zero-order valence-corrected chi connectivity index (χ0v) is 20.2. The van der Waals surface area contributed by atoms with Gasteiger partial charge >= 0.3 is 0 Å². The number of fused-ring (bicyclic) bond motifs is 1. The fraction of sp³-hybridized carbons (Fsp3) is 0.222. The smallest absolute Gasteiger partial charge is 0.261 e. The number of carbonyl (C=O) groups excluding carboxylic acids is 3. The van der Waals surface area contributed by atoms with Crippen LogP contribution < -0.4 is 14.8 Å². The van der Waals surface area contributed by atoms with Crippen molar-refractivity contribution in [3.63, 3.8) is 0 Å². The van der Waals surface area contributed by atoms with Gasteiger partial charge < -0.3 is 19.5 Å². The van der Waals surface area contributed by atoms with Crippen molar-refractivity contribution < 1.29 is 28.6 Å². The second-order valence-electron chi connectivity index (χ2n) is 8.49. The van der Waals surface area contributed by atoms with Crippen molar-refractivity contribution in [3.05, 3.63) is 82.4 Å². The molecule has 1 fully saturated rings. The van der Waals surface area contributed by atoms with Crippen LogP contribution in [0.4, 0.5) is 5.69 Å². The van der Waals surface area contributed by atoms with Crippen LogP contribution in [-0.4, -0.2) is 49.0 Å². The first-order valence-electron chi connectivity index (χ1n) is 11.5. The van der Waals surface area contributed by atoms with E-state index in [0.717, 1.165) is 12.8 Å². The molecule has 1 atom stereocenters. The molecule has 1 N–H and O–H groups in total. The van der Waals surface area contributed by atoms with Gasteiger partial charge in [-0.2, -0.15) is 0 Å². The zero-order valence-electron chi connectivity index (χ0n) is 19.5. The largest absolute Gasteiger partial charge is 0.496 e. The lowest BCUT2D eigenvalue weighted by Gasteiger charge is -2.17. The molecule has 9 heteroatoms. The van der Waals surface area contributed by atoms with Crippen molar-refractivity contribution >= 4 is 35.0 Å². The van der Waals surface area contributed by atoms with E-state index < -0.39 is 0 Å². The standard InChI is InChI=1S/C27H23ClN2O6/c1-34-24-10-7-16(28)12-23(24)25(31)29-17-4-2-5-18(13-17)36-19-8-9-21-22(14-19)27(33)30(26(21)32)15-20-6-3-11-35-20/h2,4-5,7-10,12-14,20H,3,6,11,15H2,1H3,(H,29,31). The summed E-state index contributed by atoms with van der Waals surface area (Å²) < 4.78 is 16.8. The Morgan fingerprint density at radius 2 is 1.86 bits per heavy atom. The number of amides is 3. The van der Waals surface area contributed by atoms with E-state index in [1.54, 1.807) is 54.6 Å². The number of rotatable bonds is 7. The molecule has 0 aromatic heterocycles. The number of nitrogens with zero attached hydrogens (tertiary/aromatic N) is 1. The monoisotopic (exact) mass is 506 g/mol. The quantitative estimate of drug-likeness (QED) is 0.444. The van der Waals surface area contributed by atoms with Crippen LogP contribution >= 0.6 is 11.6 Å². The third kappa shape index (κ3) is 4.78. The van der Waals surface area contributed by atoms with E-state index in [0.29, 0.717) is 51.3 Å². The number of ether oxygens (including phenoxy) is 3. The predicted octanol–water partition coefficient (Wildman–Crippen LogP) is 5.17. The maximum atomic E-state index is 12.9. The molecule has 8 nitrogen and oxygen atoms in total. The van der Waals surface area contributed by atoms with Gasteiger partial charge in [0.05, 0.1) is 36.4 Å². The number of halogens is 1. The summed E-state index contributed by atoms with van der Waals surface area (Å²) in [6, 6.07) is 16.4. The van der Waals surface area contributed by atoms with Crippen LogP contribution in [0, 0.1) is 0 Å². The number of benzene rings is 3. The lowest BCUT2D eigenvalue weighted by molar-refractivity contribution is 0.0475. The number of methoxy groups -OCH3 is 1. The summed E-state index contributed by atoms with van der Waals surface area (Å²) >= 11 is 6.04. The van der Waals surface area contributed by atoms with E-state index in [1.165, 1.54) is 18.1 Å². The highest BCUT2D eigenvalue weighted by Crippen LogP contribution is 2.31. The van der Waals surface area contributed by atoms with Crippen LogP contribution in [0.25, 0.3) is 0 Å². The number of imide groups is 1. The molecule has 0 saturated carbocycles. The summed E-state index contributed by atoms with van der Waals surface area (Å²) in [6.07, 6.45) is 1.64. The van der Waals surface area contributed by atoms with Gasteiger partial charge in [-0.3, -0.25) is 19.3 Å². The van der Waals surface area contributed by atoms with Crippen molar-refractivity contribution in [2.45, 2.75) is 18.9 Å². The molecule has 3 aromatic carbocycles. The van der Waals surface area contributed by atoms with Gasteiger partial charge in [0, 0.05) is 23.4 Å². The Hall–Kier alpha value is -3.88. The topological polar surface area (TPSA) is 94.2 Å². The first kappa shape index (κ1) is 23.8. The molecule has 36 heavy (non-hydrogen) atoms. The second kappa shape index (κ2) is 10.0. The number of hydrogen-bond donors (Lipinski definition) is 1. The normalized spacial score (nSPS) is 16.7. The Bertz CT molecular complexity index is 1350. The first-order valence-corrected chi connectivity index (χ1v) is 11.9. The maximum Gasteiger partial charge on any atom is 0.261 e. The summed E-state index contributed by atoms with van der Waals surface area (Å²) in [5, 5.41) is 3.22. The molecule has 0 spiro atoms. The van der Waals surface area contributed by atoms with Crippen LogP contribution in [0.3, 0.4) is 0 Å². The van der Waals surface area contributed by atoms with Gasteiger partial charge in [0.25, 0.3) is 17.7 Å². The van der Waals surface area contributed by atoms with Crippen LogP contribution in [0.5, 0.6) is 17.2 Å². The van der Waals surface area contributed by atoms with Crippen LogP contribution in [-0.2, 0) is 4.74 Å². The number of carbonyl (C=O) groups is 3. The highest BCUT2D eigenvalue weighted by Gasteiger charge is 2.37. The van der Waals surface area contributed by atoms with E-state index in [4.69, 9.17) is 25.8 Å². The van der Waals surface area contributed by atoms with Gasteiger partial charge in [0.1, 0.15) is 17.2 Å². The molecule has 1 unspecified atom stereocenters. The van der Waals surface area contributed by atoms with E-state index >= 15 is 0 Å². The fourth-order valence-corrected chi connectivity index (χ4v) is 4.49. The number of hydrogen-bond acceptors (Lipinski definition) is 6. The Morgan fingerprint density at radius 1 is 1.06 bits per heavy atom. The summed E-state index contributed by atoms with van der Waals surface area (Å²) in [7, 11) is 1.48. The third-order valence-electron chi connectivity index (χ3n) is 6.09. The Kier molecular flexibility index (Phi) is 6.63. The lowest BCUT2D eigenvalue weighted by atomic mass is 10.1. The zero-order chi connectivity index (χ0) is 25.2. The van der Waals surface area contributed by atoms with Gasteiger partial charge in [0.2, 0.25) is 0 Å². The average molecular weight is 507 g/mol. The summed E-state index contributed by atoms with van der Waals surface area (Å²) in [6.45, 7) is 0.902. The summed E-state index contributed by atoms with van der Waals surface area (Å²) in [5.41, 5.74) is 1.44. The first-order chi connectivity index (χ1) is 17.4. The highest BCUT2D eigenvalue weighted by molar-refractivity contribution is 6.31. The molecular formula is C27H23ClN2O6. The van der Waals surface area contributed by atoms with E-state index in [2.05, 4.69) is 5.32 Å². The third-order valence-corrected chi connectivity index (χ3v) is 6.32. The van der Waals surface area contributed by atoms with E-state index in [-0.39, 0.29) is 30.4 Å². The molecule has 0 aliphatic carbocycles. The molecule has 5 rings (SSSR count). The van der Waals surface area contributed by atoms with Crippen molar-refractivity contribution in [2.75, 3.05) is 25.6 Å². The molecule has 2 aliphatic rings. The number of anilines is 1. The second-order valence-corrected chi connectivity index (χ2v) is 8.93. The molecule has 3 aromatic rings. The van der Waals surface area contributed by atoms with Crippen LogP contribution in [0.15, 0.2) is 60.7 Å². The minimum absolute atomic E-state index is 0.118. The van der Waals surface area contributed by atoms with Gasteiger partial charge in [-0.15, -0.1) is 0 Å². The Balaban J connectivity index is 1.30. The van der Waals surface area contributed by atoms with Crippen LogP contribution in [0.2, 0.25) is 5.02 Å². The van der Waals surface area contributed by atoms with Gasteiger partial charge in [-0.1, -0.05) is 17.7 Å². The molecule has 2 aliphatic heterocycles. The Labute approximate surface area is 212 Å². The van der Waals surface area contributed by atoms with Crippen molar-refractivity contribution in [3.8, 4) is 17.2 Å². The molecule has 2 heterocycles. The van der Waals surface area contributed by atoms with Gasteiger partial charge in [-0.25, -0.2) is 0 Å². The molecule has 184 valence electrons. The predicted molar refractivity (Wildman–Crippen MR) is 133 cm³/mol. The molecule has 3 amide bonds. The maximum absolute atomic E-state index is 12.9. The van der Waals surface area contributed by atoms with E-state index in [9.17, 15) is 14.4 Å². The molecular weight excluding hydrogens is 484 g/mol. The lowest BCUT2D eigenvalue weighted by Crippen LogP contribution is -2.36. The summed E-state index contributed by atoms with van der Waals surface area (Å²) in [5.74, 6) is 0.174. The van der Waals surface area contributed by atoms with Gasteiger partial charge in [-0.05, 0) is 61.4 Å². The fourth-order valence-electron chi connectivity index (χ4n) is 4.32. The average Bonchev–Trinajstić information content (AvgIpc) is 3.47. The summed E-state index contributed by atoms with van der Waals surface area (Å²) in [4.78, 5) is 39.7. The van der Waals surface area contributed by atoms with Crippen molar-refractivity contribution in [2.24, 2.45) is 0 Å². The Morgan fingerprint density at radius 3 is 2.64 bits per heavy atom. The van der Waals surface area contributed by atoms with Gasteiger partial charge in [0.15, 0.2) is 0 Å². The minimum Gasteiger partial charge on any atom is -0.496 e. The molecule has 1 saturated heterocycles. The SMILES string of the molecule is COc1ccc(Cl)cc1C(=O)Nc1cccc(Oc2ccc3c(c2)C(=O)N(CC2CCCO2)C3=O)c1. The van der Waals surface area contributed by atoms with Crippen molar-refractivity contribution in [1.82, 2.24) is 4.90 Å².